The van der Waals surface area contributed by atoms with E-state index in [2.05, 4.69) is 5.32 Å². The zero-order valence-electron chi connectivity index (χ0n) is 22.1. The van der Waals surface area contributed by atoms with Crippen molar-refractivity contribution < 1.29 is 18.0 Å². The molecule has 196 valence electrons. The van der Waals surface area contributed by atoms with Crippen molar-refractivity contribution in [3.8, 4) is 0 Å². The van der Waals surface area contributed by atoms with Crippen molar-refractivity contribution in [3.05, 3.63) is 95.1 Å². The second-order valence-electron chi connectivity index (χ2n) is 9.25. The molecule has 0 aliphatic rings. The summed E-state index contributed by atoms with van der Waals surface area (Å²) >= 11 is 0. The van der Waals surface area contributed by atoms with Crippen LogP contribution in [0.25, 0.3) is 0 Å². The molecule has 0 radical (unpaired) electrons. The second kappa shape index (κ2) is 12.1. The summed E-state index contributed by atoms with van der Waals surface area (Å²) in [6.45, 7) is 9.35. The zero-order valence-corrected chi connectivity index (χ0v) is 22.9. The van der Waals surface area contributed by atoms with Gasteiger partial charge in [-0.05, 0) is 75.6 Å². The van der Waals surface area contributed by atoms with Gasteiger partial charge < -0.3 is 10.2 Å². The Morgan fingerprint density at radius 2 is 1.46 bits per heavy atom. The Morgan fingerprint density at radius 1 is 0.865 bits per heavy atom. The number of carbonyl (C=O) groups excluding carboxylic acids is 2. The fourth-order valence-corrected chi connectivity index (χ4v) is 5.56. The zero-order chi connectivity index (χ0) is 27.2. The van der Waals surface area contributed by atoms with Gasteiger partial charge in [0.1, 0.15) is 12.6 Å². The molecule has 0 aromatic heterocycles. The number of aryl methyl sites for hydroxylation is 3. The minimum absolute atomic E-state index is 0.0869. The number of nitrogens with zero attached hydrogens (tertiary/aromatic N) is 2. The van der Waals surface area contributed by atoms with Gasteiger partial charge in [-0.2, -0.15) is 0 Å². The summed E-state index contributed by atoms with van der Waals surface area (Å²) < 4.78 is 28.7. The van der Waals surface area contributed by atoms with E-state index in [1.54, 1.807) is 37.3 Å². The van der Waals surface area contributed by atoms with Gasteiger partial charge in [0.05, 0.1) is 10.6 Å². The molecule has 0 aliphatic carbocycles. The van der Waals surface area contributed by atoms with Crippen molar-refractivity contribution in [2.45, 2.75) is 52.1 Å². The van der Waals surface area contributed by atoms with Crippen LogP contribution in [0.15, 0.2) is 77.7 Å². The summed E-state index contributed by atoms with van der Waals surface area (Å²) in [4.78, 5) is 28.1. The first-order chi connectivity index (χ1) is 17.5. The van der Waals surface area contributed by atoms with Crippen LogP contribution < -0.4 is 9.62 Å². The highest BCUT2D eigenvalue weighted by Gasteiger charge is 2.32. The summed E-state index contributed by atoms with van der Waals surface area (Å²) in [5.74, 6) is -0.773. The first-order valence-corrected chi connectivity index (χ1v) is 13.8. The van der Waals surface area contributed by atoms with Crippen LogP contribution in [0.4, 0.5) is 5.69 Å². The topological polar surface area (TPSA) is 86.8 Å². The molecule has 8 heteroatoms. The third kappa shape index (κ3) is 6.98. The van der Waals surface area contributed by atoms with E-state index in [-0.39, 0.29) is 17.3 Å². The Morgan fingerprint density at radius 3 is 2.03 bits per heavy atom. The molecule has 1 unspecified atom stereocenters. The predicted molar refractivity (Wildman–Crippen MR) is 147 cm³/mol. The molecule has 7 nitrogen and oxygen atoms in total. The summed E-state index contributed by atoms with van der Waals surface area (Å²) in [6.07, 6.45) is 0. The van der Waals surface area contributed by atoms with Crippen molar-refractivity contribution in [3.63, 3.8) is 0 Å². The van der Waals surface area contributed by atoms with Crippen LogP contribution in [0, 0.1) is 20.8 Å². The number of carbonyl (C=O) groups is 2. The van der Waals surface area contributed by atoms with Crippen molar-refractivity contribution >= 4 is 27.5 Å². The molecular weight excluding hydrogens is 486 g/mol. The van der Waals surface area contributed by atoms with Crippen molar-refractivity contribution in [1.82, 2.24) is 10.2 Å². The van der Waals surface area contributed by atoms with Gasteiger partial charge in [-0.3, -0.25) is 13.9 Å². The molecule has 0 saturated heterocycles. The van der Waals surface area contributed by atoms with Crippen molar-refractivity contribution in [2.24, 2.45) is 0 Å². The standard InChI is InChI=1S/C29H35N3O4S/c1-6-30-29(34)24(5)31(19-25-14-12-21(2)13-15-25)28(33)20-32(26-17-22(3)16-23(4)18-26)37(35,36)27-10-8-7-9-11-27/h7-18,24H,6,19-20H2,1-5H3,(H,30,34). The molecule has 0 heterocycles. The Hall–Kier alpha value is -3.65. The van der Waals surface area contributed by atoms with Gasteiger partial charge in [-0.1, -0.05) is 54.1 Å². The monoisotopic (exact) mass is 521 g/mol. The molecule has 2 amide bonds. The number of rotatable bonds is 10. The number of anilines is 1. The quantitative estimate of drug-likeness (QED) is 0.430. The number of sulfonamides is 1. The van der Waals surface area contributed by atoms with Crippen LogP contribution in [-0.4, -0.2) is 44.3 Å². The molecular formula is C29H35N3O4S. The predicted octanol–water partition coefficient (Wildman–Crippen LogP) is 4.36. The number of amides is 2. The smallest absolute Gasteiger partial charge is 0.264 e. The molecule has 3 aromatic rings. The van der Waals surface area contributed by atoms with Crippen LogP contribution in [0.2, 0.25) is 0 Å². The number of nitrogens with one attached hydrogen (secondary N) is 1. The van der Waals surface area contributed by atoms with Gasteiger partial charge in [0.15, 0.2) is 0 Å². The molecule has 0 aliphatic heterocycles. The van der Waals surface area contributed by atoms with E-state index >= 15 is 0 Å². The van der Waals surface area contributed by atoms with E-state index < -0.39 is 28.5 Å². The van der Waals surface area contributed by atoms with Crippen LogP contribution in [-0.2, 0) is 26.2 Å². The minimum atomic E-state index is -4.07. The summed E-state index contributed by atoms with van der Waals surface area (Å²) in [6, 6.07) is 20.4. The van der Waals surface area contributed by atoms with Crippen LogP contribution in [0.3, 0.4) is 0 Å². The summed E-state index contributed by atoms with van der Waals surface area (Å²) in [7, 11) is -4.07. The summed E-state index contributed by atoms with van der Waals surface area (Å²) in [5.41, 5.74) is 4.08. The highest BCUT2D eigenvalue weighted by atomic mass is 32.2. The maximum Gasteiger partial charge on any atom is 0.264 e. The van der Waals surface area contributed by atoms with Gasteiger partial charge >= 0.3 is 0 Å². The van der Waals surface area contributed by atoms with Crippen LogP contribution in [0.1, 0.15) is 36.1 Å². The van der Waals surface area contributed by atoms with E-state index in [1.807, 2.05) is 58.0 Å². The van der Waals surface area contributed by atoms with Gasteiger partial charge in [0.2, 0.25) is 11.8 Å². The first-order valence-electron chi connectivity index (χ1n) is 12.3. The van der Waals surface area contributed by atoms with E-state index in [0.29, 0.717) is 12.2 Å². The second-order valence-corrected chi connectivity index (χ2v) is 11.1. The average Bonchev–Trinajstić information content (AvgIpc) is 2.86. The van der Waals surface area contributed by atoms with Crippen molar-refractivity contribution in [2.75, 3.05) is 17.4 Å². The molecule has 1 N–H and O–H groups in total. The lowest BCUT2D eigenvalue weighted by atomic mass is 10.1. The summed E-state index contributed by atoms with van der Waals surface area (Å²) in [5, 5.41) is 2.77. The van der Waals surface area contributed by atoms with E-state index in [1.165, 1.54) is 17.0 Å². The number of likely N-dealkylation sites (N-methyl/N-ethyl adjacent to an activating group) is 1. The maximum atomic E-state index is 13.8. The Balaban J connectivity index is 2.04. The number of hydrogen-bond acceptors (Lipinski definition) is 4. The van der Waals surface area contributed by atoms with E-state index in [4.69, 9.17) is 0 Å². The number of hydrogen-bond donors (Lipinski definition) is 1. The molecule has 3 rings (SSSR count). The SMILES string of the molecule is CCNC(=O)C(C)N(Cc1ccc(C)cc1)C(=O)CN(c1cc(C)cc(C)c1)S(=O)(=O)c1ccccc1. The Bertz CT molecular complexity index is 1320. The first kappa shape index (κ1) is 27.9. The fraction of sp³-hybridized carbons (Fsp3) is 0.310. The highest BCUT2D eigenvalue weighted by molar-refractivity contribution is 7.92. The van der Waals surface area contributed by atoms with Crippen LogP contribution >= 0.6 is 0 Å². The molecule has 0 saturated carbocycles. The highest BCUT2D eigenvalue weighted by Crippen LogP contribution is 2.26. The Labute approximate surface area is 220 Å². The molecule has 0 fully saturated rings. The number of benzene rings is 3. The van der Waals surface area contributed by atoms with Gasteiger partial charge in [-0.25, -0.2) is 8.42 Å². The van der Waals surface area contributed by atoms with Gasteiger partial charge in [0.25, 0.3) is 10.0 Å². The lowest BCUT2D eigenvalue weighted by Crippen LogP contribution is -2.51. The fourth-order valence-electron chi connectivity index (χ4n) is 4.14. The van der Waals surface area contributed by atoms with E-state index in [9.17, 15) is 18.0 Å². The van der Waals surface area contributed by atoms with Gasteiger partial charge in [0, 0.05) is 13.1 Å². The van der Waals surface area contributed by atoms with Crippen molar-refractivity contribution in [1.29, 1.82) is 0 Å². The third-order valence-electron chi connectivity index (χ3n) is 6.10. The van der Waals surface area contributed by atoms with Gasteiger partial charge in [-0.15, -0.1) is 0 Å². The Kier molecular flexibility index (Phi) is 9.10. The molecule has 3 aromatic carbocycles. The van der Waals surface area contributed by atoms with E-state index in [0.717, 1.165) is 26.6 Å². The molecule has 0 bridgehead atoms. The molecule has 0 spiro atoms. The molecule has 37 heavy (non-hydrogen) atoms. The largest absolute Gasteiger partial charge is 0.355 e. The normalized spacial score (nSPS) is 12.0. The maximum absolute atomic E-state index is 13.8. The lowest BCUT2D eigenvalue weighted by molar-refractivity contribution is -0.139. The average molecular weight is 522 g/mol. The third-order valence-corrected chi connectivity index (χ3v) is 7.88. The minimum Gasteiger partial charge on any atom is -0.355 e. The molecule has 1 atom stereocenters. The lowest BCUT2D eigenvalue weighted by Gasteiger charge is -2.32. The van der Waals surface area contributed by atoms with Crippen LogP contribution in [0.5, 0.6) is 0 Å².